The zero-order valence-corrected chi connectivity index (χ0v) is 40.0. The maximum Gasteiger partial charge on any atom is 0.472 e. The van der Waals surface area contributed by atoms with Crippen LogP contribution in [0.15, 0.2) is 0 Å². The van der Waals surface area contributed by atoms with Crippen molar-refractivity contribution in [1.29, 1.82) is 0 Å². The Kier molecular flexibility index (Phi) is 45.1. The molecule has 0 rings (SSSR count). The first-order chi connectivity index (χ1) is 28.8. The number of carbonyl (C=O) groups is 1. The quantitative estimate of drug-likeness (QED) is 0.0300. The number of aliphatic hydroxyl groups excluding tert-OH is 2. The zero-order chi connectivity index (χ0) is 43.3. The number of carbonyl (C=O) groups excluding carboxylic acids is 1. The molecule has 4 unspecified atom stereocenters. The normalized spacial score (nSPS) is 14.3. The van der Waals surface area contributed by atoms with Gasteiger partial charge in [-0.1, -0.05) is 251 Å². The van der Waals surface area contributed by atoms with Crippen LogP contribution in [0.4, 0.5) is 0 Å². The lowest BCUT2D eigenvalue weighted by atomic mass is 10.0. The van der Waals surface area contributed by atoms with Gasteiger partial charge in [0.25, 0.3) is 0 Å². The number of nitrogens with one attached hydrogen (secondary N) is 1. The van der Waals surface area contributed by atoms with E-state index in [4.69, 9.17) is 14.8 Å². The summed E-state index contributed by atoms with van der Waals surface area (Å²) in [5.74, 6) is -0.406. The van der Waals surface area contributed by atoms with Gasteiger partial charge >= 0.3 is 7.82 Å². The summed E-state index contributed by atoms with van der Waals surface area (Å²) in [7, 11) is -4.38. The highest BCUT2D eigenvalue weighted by atomic mass is 31.2. The molecule has 1 amide bonds. The van der Waals surface area contributed by atoms with Gasteiger partial charge < -0.3 is 26.2 Å². The minimum Gasteiger partial charge on any atom is -0.393 e. The van der Waals surface area contributed by atoms with Crippen LogP contribution in [-0.2, 0) is 18.4 Å². The SMILES string of the molecule is CCCCCCCCCCCCCCCCCCCCCCC(O)C(COP(=O)(O)OCCN)NC(=O)CC(O)CCCCCCCCCCCCCCCCCCC. The molecular weight excluding hydrogens is 760 g/mol. The summed E-state index contributed by atoms with van der Waals surface area (Å²) in [4.78, 5) is 22.9. The third-order valence-electron chi connectivity index (χ3n) is 12.0. The molecule has 0 aromatic rings. The van der Waals surface area contributed by atoms with Crippen LogP contribution in [0.1, 0.15) is 271 Å². The predicted octanol–water partition coefficient (Wildman–Crippen LogP) is 13.9. The number of rotatable bonds is 49. The first-order valence-electron chi connectivity index (χ1n) is 25.7. The Balaban J connectivity index is 4.12. The van der Waals surface area contributed by atoms with Crippen LogP contribution in [0.2, 0.25) is 0 Å². The topological polar surface area (TPSA) is 151 Å². The third-order valence-corrected chi connectivity index (χ3v) is 13.0. The van der Waals surface area contributed by atoms with Crippen molar-refractivity contribution >= 4 is 13.7 Å². The Bertz CT molecular complexity index is 914. The van der Waals surface area contributed by atoms with Gasteiger partial charge in [0.1, 0.15) is 0 Å². The number of nitrogens with two attached hydrogens (primary N) is 1. The fraction of sp³-hybridized carbons (Fsp3) is 0.980. The summed E-state index contributed by atoms with van der Waals surface area (Å²) in [5.41, 5.74) is 5.39. The average Bonchev–Trinajstić information content (AvgIpc) is 3.21. The molecule has 0 saturated heterocycles. The van der Waals surface area contributed by atoms with E-state index in [0.29, 0.717) is 12.8 Å². The van der Waals surface area contributed by atoms with Crippen molar-refractivity contribution in [2.75, 3.05) is 19.8 Å². The summed E-state index contributed by atoms with van der Waals surface area (Å²) in [6.07, 6.45) is 47.2. The van der Waals surface area contributed by atoms with E-state index in [1.54, 1.807) is 0 Å². The third kappa shape index (κ3) is 43.9. The Hall–Kier alpha value is -0.540. The van der Waals surface area contributed by atoms with Gasteiger partial charge in [0.15, 0.2) is 0 Å². The molecule has 9 nitrogen and oxygen atoms in total. The molecule has 0 saturated carbocycles. The summed E-state index contributed by atoms with van der Waals surface area (Å²) in [5, 5.41) is 24.3. The minimum absolute atomic E-state index is 0.0630. The fourth-order valence-corrected chi connectivity index (χ4v) is 8.88. The van der Waals surface area contributed by atoms with E-state index >= 15 is 0 Å². The van der Waals surface area contributed by atoms with Crippen LogP contribution in [-0.4, -0.2) is 59.0 Å². The molecule has 0 bridgehead atoms. The number of phosphoric ester groups is 1. The van der Waals surface area contributed by atoms with Crippen molar-refractivity contribution in [1.82, 2.24) is 5.32 Å². The van der Waals surface area contributed by atoms with E-state index in [1.807, 2.05) is 0 Å². The lowest BCUT2D eigenvalue weighted by Gasteiger charge is -2.25. The van der Waals surface area contributed by atoms with Gasteiger partial charge in [-0.2, -0.15) is 0 Å². The first-order valence-corrected chi connectivity index (χ1v) is 27.2. The molecule has 0 heterocycles. The molecule has 354 valence electrons. The number of hydrogen-bond donors (Lipinski definition) is 5. The van der Waals surface area contributed by atoms with Crippen molar-refractivity contribution < 1.29 is 33.5 Å². The van der Waals surface area contributed by atoms with E-state index in [2.05, 4.69) is 19.2 Å². The van der Waals surface area contributed by atoms with E-state index in [-0.39, 0.29) is 26.2 Å². The largest absolute Gasteiger partial charge is 0.472 e. The van der Waals surface area contributed by atoms with Crippen LogP contribution in [0.5, 0.6) is 0 Å². The van der Waals surface area contributed by atoms with Crippen molar-refractivity contribution in [3.8, 4) is 0 Å². The van der Waals surface area contributed by atoms with E-state index in [0.717, 1.165) is 38.5 Å². The maximum absolute atomic E-state index is 12.9. The summed E-state index contributed by atoms with van der Waals surface area (Å²) >= 11 is 0. The summed E-state index contributed by atoms with van der Waals surface area (Å²) in [6.45, 7) is 4.10. The number of aliphatic hydroxyl groups is 2. The van der Waals surface area contributed by atoms with Gasteiger partial charge in [0.2, 0.25) is 5.91 Å². The van der Waals surface area contributed by atoms with Crippen molar-refractivity contribution in [2.24, 2.45) is 5.73 Å². The van der Waals surface area contributed by atoms with Crippen LogP contribution in [0.3, 0.4) is 0 Å². The van der Waals surface area contributed by atoms with Crippen LogP contribution in [0, 0.1) is 0 Å². The molecule has 0 spiro atoms. The Morgan fingerprint density at radius 2 is 0.814 bits per heavy atom. The lowest BCUT2D eigenvalue weighted by Crippen LogP contribution is -2.47. The number of amides is 1. The Morgan fingerprint density at radius 3 is 1.14 bits per heavy atom. The molecule has 6 N–H and O–H groups in total. The highest BCUT2D eigenvalue weighted by Gasteiger charge is 2.28. The molecule has 4 atom stereocenters. The van der Waals surface area contributed by atoms with Gasteiger partial charge in [-0.05, 0) is 12.8 Å². The Labute approximate surface area is 365 Å². The van der Waals surface area contributed by atoms with E-state index in [9.17, 15) is 24.5 Å². The average molecular weight is 861 g/mol. The monoisotopic (exact) mass is 861 g/mol. The molecule has 0 aliphatic carbocycles. The van der Waals surface area contributed by atoms with Gasteiger partial charge in [0.05, 0.1) is 37.9 Å². The number of hydrogen-bond acceptors (Lipinski definition) is 7. The van der Waals surface area contributed by atoms with Gasteiger partial charge in [-0.25, -0.2) is 4.57 Å². The second kappa shape index (κ2) is 45.5. The molecule has 59 heavy (non-hydrogen) atoms. The first kappa shape index (κ1) is 58.5. The standard InChI is InChI=1S/C49H101N2O7P/c1-3-5-7-9-11-13-15-17-19-21-22-23-25-27-29-31-33-35-37-39-41-48(53)47(45-58-59(55,56)57-43-42-50)51-49(54)44-46(52)40-38-36-34-32-30-28-26-24-20-18-16-14-12-10-8-6-4-2/h46-48,52-53H,3-45,50H2,1-2H3,(H,51,54)(H,55,56). The van der Waals surface area contributed by atoms with Crippen LogP contribution >= 0.6 is 7.82 Å². The van der Waals surface area contributed by atoms with Crippen LogP contribution in [0.25, 0.3) is 0 Å². The molecule has 0 aromatic heterocycles. The minimum atomic E-state index is -4.38. The molecule has 0 radical (unpaired) electrons. The lowest BCUT2D eigenvalue weighted by molar-refractivity contribution is -0.125. The zero-order valence-electron chi connectivity index (χ0n) is 39.1. The van der Waals surface area contributed by atoms with Crippen molar-refractivity contribution in [3.63, 3.8) is 0 Å². The van der Waals surface area contributed by atoms with Crippen LogP contribution < -0.4 is 11.1 Å². The highest BCUT2D eigenvalue weighted by Crippen LogP contribution is 2.43. The summed E-state index contributed by atoms with van der Waals surface area (Å²) < 4.78 is 22.2. The number of unbranched alkanes of at least 4 members (excludes halogenated alkanes) is 35. The Morgan fingerprint density at radius 1 is 0.508 bits per heavy atom. The molecule has 0 aromatic carbocycles. The smallest absolute Gasteiger partial charge is 0.393 e. The fourth-order valence-electron chi connectivity index (χ4n) is 8.13. The molecule has 0 fully saturated rings. The predicted molar refractivity (Wildman–Crippen MR) is 251 cm³/mol. The van der Waals surface area contributed by atoms with Gasteiger partial charge in [-0.15, -0.1) is 0 Å². The van der Waals surface area contributed by atoms with E-state index < -0.39 is 32.0 Å². The second-order valence-corrected chi connectivity index (χ2v) is 19.4. The van der Waals surface area contributed by atoms with Crippen molar-refractivity contribution in [2.45, 2.75) is 289 Å². The van der Waals surface area contributed by atoms with Gasteiger partial charge in [0, 0.05) is 6.54 Å². The maximum atomic E-state index is 12.9. The summed E-state index contributed by atoms with van der Waals surface area (Å²) in [6, 6.07) is -0.891. The van der Waals surface area contributed by atoms with E-state index in [1.165, 1.54) is 199 Å². The molecule has 0 aliphatic rings. The molecule has 0 aliphatic heterocycles. The second-order valence-electron chi connectivity index (χ2n) is 17.9. The molecule has 10 heteroatoms. The highest BCUT2D eigenvalue weighted by molar-refractivity contribution is 7.47. The van der Waals surface area contributed by atoms with Crippen molar-refractivity contribution in [3.05, 3.63) is 0 Å². The number of phosphoric acid groups is 1. The van der Waals surface area contributed by atoms with Gasteiger partial charge in [-0.3, -0.25) is 13.8 Å². The molecular formula is C49H101N2O7P.